The predicted molar refractivity (Wildman–Crippen MR) is 72.1 cm³/mol. The summed E-state index contributed by atoms with van der Waals surface area (Å²) in [7, 11) is 0. The van der Waals surface area contributed by atoms with Crippen molar-refractivity contribution >= 4 is 17.6 Å². The molecular formula is C15H17NO2. The molecule has 0 amide bonds. The van der Waals surface area contributed by atoms with E-state index in [0.717, 1.165) is 28.5 Å². The number of carbonyl (C=O) groups excluding carboxylic acids is 1. The second-order valence-electron chi connectivity index (χ2n) is 4.93. The number of hydrogen-bond donors (Lipinski definition) is 2. The number of carbonyl (C=O) groups is 1. The van der Waals surface area contributed by atoms with Gasteiger partial charge in [0.15, 0.2) is 5.78 Å². The van der Waals surface area contributed by atoms with E-state index in [4.69, 9.17) is 5.41 Å². The van der Waals surface area contributed by atoms with Gasteiger partial charge in [0.05, 0.1) is 11.5 Å². The lowest BCUT2D eigenvalue weighted by Gasteiger charge is -2.12. The molecule has 0 radical (unpaired) electrons. The molecule has 2 N–H and O–H groups in total. The van der Waals surface area contributed by atoms with E-state index in [1.54, 1.807) is 0 Å². The second-order valence-corrected chi connectivity index (χ2v) is 4.93. The number of aliphatic hydroxyl groups excluding tert-OH is 1. The molecule has 0 heterocycles. The van der Waals surface area contributed by atoms with Gasteiger partial charge in [-0.2, -0.15) is 0 Å². The minimum Gasteiger partial charge on any atom is -0.511 e. The van der Waals surface area contributed by atoms with Gasteiger partial charge in [0, 0.05) is 12.6 Å². The molecule has 3 heteroatoms. The van der Waals surface area contributed by atoms with Crippen LogP contribution in [0.25, 0.3) is 5.57 Å². The maximum absolute atomic E-state index is 12.0. The van der Waals surface area contributed by atoms with Crippen molar-refractivity contribution in [2.45, 2.75) is 27.2 Å². The van der Waals surface area contributed by atoms with Crippen LogP contribution >= 0.6 is 0 Å². The Balaban J connectivity index is 2.66. The van der Waals surface area contributed by atoms with Crippen LogP contribution in [0.3, 0.4) is 0 Å². The molecule has 1 aliphatic rings. The largest absolute Gasteiger partial charge is 0.511 e. The lowest BCUT2D eigenvalue weighted by molar-refractivity contribution is -0.113. The van der Waals surface area contributed by atoms with Crippen molar-refractivity contribution in [3.8, 4) is 0 Å². The molecule has 0 saturated carbocycles. The standard InChI is InChI=1S/C15H17NO2/c1-8-4-9(2)13(10(3)5-8)14-12(17)6-11(7-16)15(14)18/h4-5,7,11,16,18H,6H2,1-3H3. The van der Waals surface area contributed by atoms with E-state index >= 15 is 0 Å². The first kappa shape index (κ1) is 12.6. The summed E-state index contributed by atoms with van der Waals surface area (Å²) in [6, 6.07) is 4.02. The van der Waals surface area contributed by atoms with Crippen molar-refractivity contribution in [1.82, 2.24) is 0 Å². The monoisotopic (exact) mass is 243 g/mol. The third-order valence-electron chi connectivity index (χ3n) is 3.42. The van der Waals surface area contributed by atoms with Crippen LogP contribution in [0.5, 0.6) is 0 Å². The molecule has 2 rings (SSSR count). The normalized spacial score (nSPS) is 19.5. The number of aliphatic hydroxyl groups is 1. The molecule has 94 valence electrons. The average Bonchev–Trinajstić information content (AvgIpc) is 2.55. The molecule has 0 fully saturated rings. The number of benzene rings is 1. The highest BCUT2D eigenvalue weighted by Crippen LogP contribution is 2.36. The summed E-state index contributed by atoms with van der Waals surface area (Å²) in [5.41, 5.74) is 4.36. The number of Topliss-reactive ketones (excluding diaryl/α,β-unsaturated/α-hetero) is 1. The van der Waals surface area contributed by atoms with E-state index in [-0.39, 0.29) is 18.0 Å². The van der Waals surface area contributed by atoms with Gasteiger partial charge in [-0.05, 0) is 37.5 Å². The quantitative estimate of drug-likeness (QED) is 0.784. The van der Waals surface area contributed by atoms with E-state index in [2.05, 4.69) is 0 Å². The van der Waals surface area contributed by atoms with E-state index in [0.29, 0.717) is 5.57 Å². The molecule has 1 aromatic rings. The van der Waals surface area contributed by atoms with E-state index < -0.39 is 5.92 Å². The minimum absolute atomic E-state index is 0.0463. The molecule has 1 atom stereocenters. The highest BCUT2D eigenvalue weighted by molar-refractivity contribution is 6.25. The fraction of sp³-hybridized carbons (Fsp3) is 0.333. The van der Waals surface area contributed by atoms with Crippen molar-refractivity contribution in [2.75, 3.05) is 0 Å². The molecule has 0 aromatic heterocycles. The molecule has 3 nitrogen and oxygen atoms in total. The van der Waals surface area contributed by atoms with Crippen LogP contribution < -0.4 is 0 Å². The summed E-state index contributed by atoms with van der Waals surface area (Å²) >= 11 is 0. The van der Waals surface area contributed by atoms with Gasteiger partial charge in [-0.25, -0.2) is 0 Å². The van der Waals surface area contributed by atoms with E-state index in [1.807, 2.05) is 32.9 Å². The highest BCUT2D eigenvalue weighted by Gasteiger charge is 2.33. The van der Waals surface area contributed by atoms with Crippen molar-refractivity contribution in [1.29, 1.82) is 5.41 Å². The Morgan fingerprint density at radius 3 is 2.28 bits per heavy atom. The first-order valence-corrected chi connectivity index (χ1v) is 6.00. The van der Waals surface area contributed by atoms with Gasteiger partial charge in [-0.1, -0.05) is 17.7 Å². The number of allylic oxidation sites excluding steroid dienone is 2. The predicted octanol–water partition coefficient (Wildman–Crippen LogP) is 3.12. The lowest BCUT2D eigenvalue weighted by atomic mass is 9.92. The van der Waals surface area contributed by atoms with E-state index in [9.17, 15) is 9.90 Å². The van der Waals surface area contributed by atoms with Crippen LogP contribution in [0.2, 0.25) is 0 Å². The zero-order valence-electron chi connectivity index (χ0n) is 10.9. The summed E-state index contributed by atoms with van der Waals surface area (Å²) < 4.78 is 0. The van der Waals surface area contributed by atoms with Crippen LogP contribution in [0.1, 0.15) is 28.7 Å². The first-order chi connectivity index (χ1) is 8.45. The number of aryl methyl sites for hydroxylation is 3. The molecule has 0 bridgehead atoms. The zero-order valence-corrected chi connectivity index (χ0v) is 10.9. The number of rotatable bonds is 2. The van der Waals surface area contributed by atoms with Gasteiger partial charge in [-0.15, -0.1) is 0 Å². The Kier molecular flexibility index (Phi) is 3.07. The zero-order chi connectivity index (χ0) is 13.4. The van der Waals surface area contributed by atoms with Crippen LogP contribution in [0.15, 0.2) is 17.9 Å². The van der Waals surface area contributed by atoms with Gasteiger partial charge in [0.25, 0.3) is 0 Å². The number of ketones is 1. The van der Waals surface area contributed by atoms with Gasteiger partial charge in [0.1, 0.15) is 5.76 Å². The van der Waals surface area contributed by atoms with Gasteiger partial charge >= 0.3 is 0 Å². The fourth-order valence-corrected chi connectivity index (χ4v) is 2.71. The maximum atomic E-state index is 12.0. The Morgan fingerprint density at radius 2 is 1.83 bits per heavy atom. The van der Waals surface area contributed by atoms with E-state index in [1.165, 1.54) is 0 Å². The molecule has 1 aromatic carbocycles. The van der Waals surface area contributed by atoms with Gasteiger partial charge < -0.3 is 10.5 Å². The minimum atomic E-state index is -0.451. The second kappa shape index (κ2) is 4.41. The summed E-state index contributed by atoms with van der Waals surface area (Å²) in [4.78, 5) is 12.0. The summed E-state index contributed by atoms with van der Waals surface area (Å²) in [5, 5.41) is 17.3. The summed E-state index contributed by atoms with van der Waals surface area (Å²) in [6.45, 7) is 5.90. The van der Waals surface area contributed by atoms with Gasteiger partial charge in [-0.3, -0.25) is 4.79 Å². The van der Waals surface area contributed by atoms with Crippen LogP contribution in [0.4, 0.5) is 0 Å². The fourth-order valence-electron chi connectivity index (χ4n) is 2.71. The Morgan fingerprint density at radius 1 is 1.28 bits per heavy atom. The average molecular weight is 243 g/mol. The van der Waals surface area contributed by atoms with Crippen LogP contribution in [-0.4, -0.2) is 17.1 Å². The summed E-state index contributed by atoms with van der Waals surface area (Å²) in [5.74, 6) is -0.478. The van der Waals surface area contributed by atoms with Crippen molar-refractivity contribution < 1.29 is 9.90 Å². The molecule has 18 heavy (non-hydrogen) atoms. The third kappa shape index (κ3) is 1.86. The van der Waals surface area contributed by atoms with Crippen molar-refractivity contribution in [2.24, 2.45) is 5.92 Å². The van der Waals surface area contributed by atoms with Crippen molar-refractivity contribution in [3.05, 3.63) is 40.1 Å². The Bertz CT molecular complexity index is 547. The molecule has 0 spiro atoms. The molecule has 0 saturated heterocycles. The summed E-state index contributed by atoms with van der Waals surface area (Å²) in [6.07, 6.45) is 1.34. The molecular weight excluding hydrogens is 226 g/mol. The Hall–Kier alpha value is -1.90. The lowest BCUT2D eigenvalue weighted by Crippen LogP contribution is -2.01. The molecule has 0 aliphatic heterocycles. The topological polar surface area (TPSA) is 61.1 Å². The highest BCUT2D eigenvalue weighted by atomic mass is 16.3. The van der Waals surface area contributed by atoms with Crippen LogP contribution in [-0.2, 0) is 4.79 Å². The van der Waals surface area contributed by atoms with Crippen molar-refractivity contribution in [3.63, 3.8) is 0 Å². The molecule has 1 unspecified atom stereocenters. The number of hydrogen-bond acceptors (Lipinski definition) is 3. The third-order valence-corrected chi connectivity index (χ3v) is 3.42. The molecule has 1 aliphatic carbocycles. The first-order valence-electron chi connectivity index (χ1n) is 6.00. The smallest absolute Gasteiger partial charge is 0.167 e. The maximum Gasteiger partial charge on any atom is 0.167 e. The van der Waals surface area contributed by atoms with Gasteiger partial charge in [0.2, 0.25) is 0 Å². The number of nitrogens with one attached hydrogen (secondary N) is 1. The Labute approximate surface area is 107 Å². The van der Waals surface area contributed by atoms with Crippen LogP contribution in [0, 0.1) is 32.1 Å². The SMILES string of the molecule is Cc1cc(C)c(C2=C(O)C(C=N)CC2=O)c(C)c1.